The molecule has 48 valence electrons. The molecule has 1 fully saturated rings. The predicted octanol–water partition coefficient (Wildman–Crippen LogP) is -1.05. The van der Waals surface area contributed by atoms with Gasteiger partial charge in [-0.15, -0.1) is 0 Å². The van der Waals surface area contributed by atoms with Gasteiger partial charge in [0.05, 0.1) is 13.1 Å². The molecule has 1 heterocycles. The largest absolute Gasteiger partial charge is 0.396 e. The van der Waals surface area contributed by atoms with Crippen LogP contribution in [0.5, 0.6) is 0 Å². The van der Waals surface area contributed by atoms with E-state index in [2.05, 4.69) is 5.32 Å². The van der Waals surface area contributed by atoms with Crippen molar-refractivity contribution < 1.29 is 10.4 Å². The second-order valence-electron chi connectivity index (χ2n) is 2.49. The SMILES string of the molecule is OCC1CC[NH2+]CC1. The first kappa shape index (κ1) is 6.05. The van der Waals surface area contributed by atoms with Crippen LogP contribution in [0, 0.1) is 5.92 Å². The highest BCUT2D eigenvalue weighted by Crippen LogP contribution is 2.05. The van der Waals surface area contributed by atoms with E-state index >= 15 is 0 Å². The molecule has 0 radical (unpaired) electrons. The average Bonchev–Trinajstić information content (AvgIpc) is 1.90. The zero-order valence-corrected chi connectivity index (χ0v) is 5.14. The number of rotatable bonds is 1. The summed E-state index contributed by atoms with van der Waals surface area (Å²) in [7, 11) is 0. The Hall–Kier alpha value is -0.0800. The van der Waals surface area contributed by atoms with Gasteiger partial charge < -0.3 is 10.4 Å². The van der Waals surface area contributed by atoms with Crippen molar-refractivity contribution in [3.8, 4) is 0 Å². The van der Waals surface area contributed by atoms with Crippen LogP contribution in [0.2, 0.25) is 0 Å². The predicted molar refractivity (Wildman–Crippen MR) is 31.5 cm³/mol. The molecule has 0 aromatic rings. The first-order valence-corrected chi connectivity index (χ1v) is 3.36. The van der Waals surface area contributed by atoms with Crippen molar-refractivity contribution in [3.05, 3.63) is 0 Å². The third kappa shape index (κ3) is 1.46. The molecule has 0 aromatic carbocycles. The van der Waals surface area contributed by atoms with Gasteiger partial charge in [-0.3, -0.25) is 0 Å². The minimum absolute atomic E-state index is 0.397. The van der Waals surface area contributed by atoms with Gasteiger partial charge in [0.25, 0.3) is 0 Å². The lowest BCUT2D eigenvalue weighted by Gasteiger charge is -2.16. The van der Waals surface area contributed by atoms with Crippen molar-refractivity contribution in [3.63, 3.8) is 0 Å². The van der Waals surface area contributed by atoms with Crippen LogP contribution in [0.3, 0.4) is 0 Å². The lowest BCUT2D eigenvalue weighted by atomic mass is 10.00. The molecule has 1 rings (SSSR count). The van der Waals surface area contributed by atoms with Crippen LogP contribution < -0.4 is 5.32 Å². The third-order valence-corrected chi connectivity index (χ3v) is 1.82. The summed E-state index contributed by atoms with van der Waals surface area (Å²) in [6.07, 6.45) is 2.41. The molecule has 8 heavy (non-hydrogen) atoms. The molecule has 0 atom stereocenters. The maximum atomic E-state index is 8.68. The zero-order chi connectivity index (χ0) is 5.82. The van der Waals surface area contributed by atoms with Crippen LogP contribution in [-0.2, 0) is 0 Å². The molecule has 0 saturated carbocycles. The highest BCUT2D eigenvalue weighted by molar-refractivity contribution is 4.57. The Labute approximate surface area is 49.9 Å². The molecule has 1 aliphatic rings. The fraction of sp³-hybridized carbons (Fsp3) is 1.00. The van der Waals surface area contributed by atoms with Gasteiger partial charge >= 0.3 is 0 Å². The molecular formula is C6H14NO+. The summed E-state index contributed by atoms with van der Waals surface area (Å²) in [5.41, 5.74) is 0. The topological polar surface area (TPSA) is 36.8 Å². The molecule has 0 spiro atoms. The van der Waals surface area contributed by atoms with Crippen LogP contribution in [0.25, 0.3) is 0 Å². The molecule has 0 aromatic heterocycles. The van der Waals surface area contributed by atoms with E-state index in [1.54, 1.807) is 0 Å². The monoisotopic (exact) mass is 116 g/mol. The molecule has 1 saturated heterocycles. The van der Waals surface area contributed by atoms with E-state index in [-0.39, 0.29) is 0 Å². The summed E-state index contributed by atoms with van der Waals surface area (Å²) in [6, 6.07) is 0. The van der Waals surface area contributed by atoms with E-state index in [4.69, 9.17) is 5.11 Å². The first-order chi connectivity index (χ1) is 3.93. The fourth-order valence-corrected chi connectivity index (χ4v) is 1.18. The number of hydrogen-bond acceptors (Lipinski definition) is 1. The maximum Gasteiger partial charge on any atom is 0.0758 e. The minimum atomic E-state index is 0.397. The van der Waals surface area contributed by atoms with Gasteiger partial charge in [-0.05, 0) is 5.92 Å². The van der Waals surface area contributed by atoms with E-state index in [1.807, 2.05) is 0 Å². The molecule has 0 unspecified atom stereocenters. The van der Waals surface area contributed by atoms with Crippen LogP contribution >= 0.6 is 0 Å². The molecule has 3 N–H and O–H groups in total. The molecule has 0 bridgehead atoms. The summed E-state index contributed by atoms with van der Waals surface area (Å²) in [4.78, 5) is 0. The molecular weight excluding hydrogens is 102 g/mol. The van der Waals surface area contributed by atoms with E-state index in [9.17, 15) is 0 Å². The van der Waals surface area contributed by atoms with Gasteiger partial charge in [0.2, 0.25) is 0 Å². The van der Waals surface area contributed by atoms with Crippen molar-refractivity contribution >= 4 is 0 Å². The van der Waals surface area contributed by atoms with Crippen molar-refractivity contribution in [2.75, 3.05) is 19.7 Å². The standard InChI is InChI=1S/C6H13NO/c8-5-6-1-3-7-4-2-6/h6-8H,1-5H2/p+1. The van der Waals surface area contributed by atoms with Gasteiger partial charge in [-0.25, -0.2) is 0 Å². The van der Waals surface area contributed by atoms with Gasteiger partial charge in [0, 0.05) is 19.4 Å². The van der Waals surface area contributed by atoms with Crippen molar-refractivity contribution in [2.45, 2.75) is 12.8 Å². The Balaban J connectivity index is 2.13. The van der Waals surface area contributed by atoms with Crippen LogP contribution in [0.4, 0.5) is 0 Å². The Kier molecular flexibility index (Phi) is 2.30. The summed E-state index contributed by atoms with van der Waals surface area (Å²) >= 11 is 0. The summed E-state index contributed by atoms with van der Waals surface area (Å²) in [5, 5.41) is 11.0. The number of piperidine rings is 1. The summed E-state index contributed by atoms with van der Waals surface area (Å²) < 4.78 is 0. The minimum Gasteiger partial charge on any atom is -0.396 e. The average molecular weight is 116 g/mol. The summed E-state index contributed by atoms with van der Waals surface area (Å²) in [6.45, 7) is 2.82. The highest BCUT2D eigenvalue weighted by Gasteiger charge is 2.12. The van der Waals surface area contributed by atoms with Crippen molar-refractivity contribution in [1.82, 2.24) is 0 Å². The van der Waals surface area contributed by atoms with E-state index < -0.39 is 0 Å². The normalized spacial score (nSPS) is 23.6. The quantitative estimate of drug-likeness (QED) is 0.451. The second-order valence-corrected chi connectivity index (χ2v) is 2.49. The summed E-state index contributed by atoms with van der Waals surface area (Å²) in [5.74, 6) is 0.611. The van der Waals surface area contributed by atoms with Crippen molar-refractivity contribution in [2.24, 2.45) is 5.92 Å². The van der Waals surface area contributed by atoms with Gasteiger partial charge in [-0.1, -0.05) is 0 Å². The van der Waals surface area contributed by atoms with Crippen molar-refractivity contribution in [1.29, 1.82) is 0 Å². The Morgan fingerprint density at radius 1 is 1.38 bits per heavy atom. The van der Waals surface area contributed by atoms with Crippen LogP contribution in [-0.4, -0.2) is 24.8 Å². The highest BCUT2D eigenvalue weighted by atomic mass is 16.3. The molecule has 0 amide bonds. The number of aliphatic hydroxyl groups excluding tert-OH is 1. The second kappa shape index (κ2) is 3.05. The Morgan fingerprint density at radius 3 is 2.38 bits per heavy atom. The zero-order valence-electron chi connectivity index (χ0n) is 5.14. The number of quaternary nitrogens is 1. The molecule has 0 aliphatic carbocycles. The lowest BCUT2D eigenvalue weighted by Crippen LogP contribution is -2.86. The smallest absolute Gasteiger partial charge is 0.0758 e. The number of nitrogens with two attached hydrogens (primary N) is 1. The lowest BCUT2D eigenvalue weighted by molar-refractivity contribution is -0.665. The Bertz CT molecular complexity index is 59.5. The molecule has 2 heteroatoms. The number of aliphatic hydroxyl groups is 1. The van der Waals surface area contributed by atoms with E-state index in [1.165, 1.54) is 25.9 Å². The molecule has 1 aliphatic heterocycles. The van der Waals surface area contributed by atoms with Gasteiger partial charge in [0.1, 0.15) is 0 Å². The van der Waals surface area contributed by atoms with Gasteiger partial charge in [0.15, 0.2) is 0 Å². The molecule has 2 nitrogen and oxygen atoms in total. The first-order valence-electron chi connectivity index (χ1n) is 3.36. The number of hydrogen-bond donors (Lipinski definition) is 2. The maximum absolute atomic E-state index is 8.68. The van der Waals surface area contributed by atoms with Gasteiger partial charge in [-0.2, -0.15) is 0 Å². The fourth-order valence-electron chi connectivity index (χ4n) is 1.18. The van der Waals surface area contributed by atoms with Crippen LogP contribution in [0.15, 0.2) is 0 Å². The van der Waals surface area contributed by atoms with E-state index in [0.29, 0.717) is 12.5 Å². The van der Waals surface area contributed by atoms with Crippen LogP contribution in [0.1, 0.15) is 12.8 Å². The third-order valence-electron chi connectivity index (χ3n) is 1.82. The Morgan fingerprint density at radius 2 is 2.00 bits per heavy atom. The van der Waals surface area contributed by atoms with E-state index in [0.717, 1.165) is 0 Å².